The van der Waals surface area contributed by atoms with Crippen LogP contribution in [0.5, 0.6) is 0 Å². The average molecular weight is 208 g/mol. The third kappa shape index (κ3) is 1.39. The van der Waals surface area contributed by atoms with Crippen LogP contribution in [0.1, 0.15) is 46.5 Å². The summed E-state index contributed by atoms with van der Waals surface area (Å²) in [4.78, 5) is 0. The van der Waals surface area contributed by atoms with Crippen LogP contribution in [0.4, 0.5) is 0 Å². The van der Waals surface area contributed by atoms with E-state index in [2.05, 4.69) is 20.8 Å². The highest BCUT2D eigenvalue weighted by molar-refractivity contribution is 5.04. The second-order valence-corrected chi connectivity index (χ2v) is 7.37. The number of hydrogen-bond acceptors (Lipinski definition) is 1. The molecule has 4 rings (SSSR count). The molecule has 1 heteroatoms. The predicted molar refractivity (Wildman–Crippen MR) is 61.4 cm³/mol. The van der Waals surface area contributed by atoms with Gasteiger partial charge >= 0.3 is 0 Å². The molecule has 4 fully saturated rings. The molecule has 4 aliphatic carbocycles. The van der Waals surface area contributed by atoms with Gasteiger partial charge in [0.15, 0.2) is 0 Å². The summed E-state index contributed by atoms with van der Waals surface area (Å²) >= 11 is 0. The number of hydrogen-bond donors (Lipinski definition) is 1. The van der Waals surface area contributed by atoms with Crippen molar-refractivity contribution in [1.29, 1.82) is 0 Å². The van der Waals surface area contributed by atoms with E-state index in [9.17, 15) is 5.11 Å². The topological polar surface area (TPSA) is 20.2 Å². The van der Waals surface area contributed by atoms with Crippen LogP contribution < -0.4 is 0 Å². The van der Waals surface area contributed by atoms with Crippen molar-refractivity contribution in [2.24, 2.45) is 35.0 Å². The van der Waals surface area contributed by atoms with Gasteiger partial charge < -0.3 is 5.11 Å². The van der Waals surface area contributed by atoms with E-state index in [1.165, 1.54) is 25.7 Å². The molecular weight excluding hydrogens is 184 g/mol. The van der Waals surface area contributed by atoms with Crippen molar-refractivity contribution in [1.82, 2.24) is 0 Å². The summed E-state index contributed by atoms with van der Waals surface area (Å²) in [6.45, 7) is 7.24. The average Bonchev–Trinajstić information content (AvgIpc) is 2.09. The fraction of sp³-hybridized carbons (Fsp3) is 1.00. The van der Waals surface area contributed by atoms with Gasteiger partial charge in [0.1, 0.15) is 0 Å². The summed E-state index contributed by atoms with van der Waals surface area (Å²) in [7, 11) is 0. The molecule has 0 aromatic rings. The Kier molecular flexibility index (Phi) is 2.03. The van der Waals surface area contributed by atoms with Crippen LogP contribution in [0.15, 0.2) is 0 Å². The lowest BCUT2D eigenvalue weighted by Crippen LogP contribution is -2.55. The second-order valence-electron chi connectivity index (χ2n) is 7.37. The quantitative estimate of drug-likeness (QED) is 0.648. The van der Waals surface area contributed by atoms with Crippen molar-refractivity contribution in [2.45, 2.75) is 52.6 Å². The minimum atomic E-state index is 0.0541. The number of aliphatic hydroxyl groups excluding tert-OH is 1. The number of aliphatic hydroxyl groups is 1. The Labute approximate surface area is 93.3 Å². The zero-order chi connectivity index (χ0) is 10.8. The van der Waals surface area contributed by atoms with Crippen LogP contribution in [0, 0.1) is 35.0 Å². The molecule has 15 heavy (non-hydrogen) atoms. The van der Waals surface area contributed by atoms with Crippen LogP contribution >= 0.6 is 0 Å². The molecule has 86 valence electrons. The van der Waals surface area contributed by atoms with E-state index in [0.717, 1.165) is 17.8 Å². The van der Waals surface area contributed by atoms with Crippen LogP contribution in [-0.4, -0.2) is 11.2 Å². The summed E-state index contributed by atoms with van der Waals surface area (Å²) < 4.78 is 0. The van der Waals surface area contributed by atoms with Crippen LogP contribution in [-0.2, 0) is 0 Å². The van der Waals surface area contributed by atoms with E-state index in [-0.39, 0.29) is 6.10 Å². The van der Waals surface area contributed by atoms with E-state index < -0.39 is 0 Å². The molecule has 0 atom stereocenters. The molecule has 4 bridgehead atoms. The molecule has 0 saturated heterocycles. The molecule has 0 spiro atoms. The molecule has 1 N–H and O–H groups in total. The van der Waals surface area contributed by atoms with Crippen molar-refractivity contribution in [3.63, 3.8) is 0 Å². The maximum absolute atomic E-state index is 10.1. The highest BCUT2D eigenvalue weighted by Gasteiger charge is 2.54. The fourth-order valence-corrected chi connectivity index (χ4v) is 5.27. The van der Waals surface area contributed by atoms with E-state index in [1.807, 2.05) is 0 Å². The standard InChI is InChI=1S/C14H24O/c1-14(2,3)12-8-4-10-6-9(12)7-11(5-8)13(10)15/h8-13,15H,4-7H2,1-3H3. The van der Waals surface area contributed by atoms with Gasteiger partial charge in [-0.15, -0.1) is 0 Å². The molecule has 4 aliphatic rings. The molecule has 0 heterocycles. The SMILES string of the molecule is CC(C)(C)C1C2CC3CC1CC(C2)C3O. The van der Waals surface area contributed by atoms with Gasteiger partial charge in [-0.2, -0.15) is 0 Å². The van der Waals surface area contributed by atoms with Gasteiger partial charge in [-0.1, -0.05) is 20.8 Å². The largest absolute Gasteiger partial charge is 0.393 e. The van der Waals surface area contributed by atoms with Crippen molar-refractivity contribution >= 4 is 0 Å². The van der Waals surface area contributed by atoms with E-state index >= 15 is 0 Å². The summed E-state index contributed by atoms with van der Waals surface area (Å²) in [5.41, 5.74) is 0.480. The van der Waals surface area contributed by atoms with Crippen LogP contribution in [0.25, 0.3) is 0 Å². The Hall–Kier alpha value is -0.0400. The molecule has 0 radical (unpaired) electrons. The summed E-state index contributed by atoms with van der Waals surface area (Å²) in [5, 5.41) is 10.1. The van der Waals surface area contributed by atoms with E-state index in [1.54, 1.807) is 0 Å². The fourth-order valence-electron chi connectivity index (χ4n) is 5.27. The van der Waals surface area contributed by atoms with Gasteiger partial charge in [-0.05, 0) is 60.7 Å². The minimum Gasteiger partial charge on any atom is -0.393 e. The highest BCUT2D eigenvalue weighted by Crippen LogP contribution is 2.60. The first-order valence-electron chi connectivity index (χ1n) is 6.65. The summed E-state index contributed by atoms with van der Waals surface area (Å²) in [6, 6.07) is 0. The van der Waals surface area contributed by atoms with Gasteiger partial charge in [0.05, 0.1) is 6.10 Å². The maximum atomic E-state index is 10.1. The summed E-state index contributed by atoms with van der Waals surface area (Å²) in [5.74, 6) is 4.10. The molecular formula is C14H24O. The Bertz CT molecular complexity index is 233. The van der Waals surface area contributed by atoms with Gasteiger partial charge in [0.2, 0.25) is 0 Å². The summed E-state index contributed by atoms with van der Waals surface area (Å²) in [6.07, 6.45) is 5.32. The molecule has 0 aromatic heterocycles. The van der Waals surface area contributed by atoms with Crippen molar-refractivity contribution < 1.29 is 5.11 Å². The lowest BCUT2D eigenvalue weighted by molar-refractivity contribution is -0.146. The minimum absolute atomic E-state index is 0.0541. The van der Waals surface area contributed by atoms with Crippen molar-refractivity contribution in [2.75, 3.05) is 0 Å². The van der Waals surface area contributed by atoms with Gasteiger partial charge in [0.25, 0.3) is 0 Å². The molecule has 1 nitrogen and oxygen atoms in total. The Morgan fingerprint density at radius 3 is 1.53 bits per heavy atom. The molecule has 0 aliphatic heterocycles. The highest BCUT2D eigenvalue weighted by atomic mass is 16.3. The Balaban J connectivity index is 1.88. The lowest BCUT2D eigenvalue weighted by Gasteiger charge is -2.60. The van der Waals surface area contributed by atoms with Gasteiger partial charge in [-0.3, -0.25) is 0 Å². The van der Waals surface area contributed by atoms with Gasteiger partial charge in [-0.25, -0.2) is 0 Å². The Morgan fingerprint density at radius 1 is 0.800 bits per heavy atom. The number of rotatable bonds is 0. The van der Waals surface area contributed by atoms with Crippen molar-refractivity contribution in [3.05, 3.63) is 0 Å². The van der Waals surface area contributed by atoms with Crippen LogP contribution in [0.3, 0.4) is 0 Å². The lowest BCUT2D eigenvalue weighted by atomic mass is 9.46. The molecule has 4 saturated carbocycles. The maximum Gasteiger partial charge on any atom is 0.0596 e. The first-order valence-corrected chi connectivity index (χ1v) is 6.65. The van der Waals surface area contributed by atoms with E-state index in [4.69, 9.17) is 0 Å². The zero-order valence-electron chi connectivity index (χ0n) is 10.2. The first-order chi connectivity index (χ1) is 6.97. The van der Waals surface area contributed by atoms with Crippen LogP contribution in [0.2, 0.25) is 0 Å². The molecule has 0 unspecified atom stereocenters. The first kappa shape index (κ1) is 10.1. The van der Waals surface area contributed by atoms with Crippen molar-refractivity contribution in [3.8, 4) is 0 Å². The molecule has 0 amide bonds. The monoisotopic (exact) mass is 208 g/mol. The third-order valence-corrected chi connectivity index (χ3v) is 5.40. The smallest absolute Gasteiger partial charge is 0.0596 e. The second kappa shape index (κ2) is 3.00. The Morgan fingerprint density at radius 2 is 1.20 bits per heavy atom. The third-order valence-electron chi connectivity index (χ3n) is 5.40. The normalized spacial score (nSPS) is 53.6. The zero-order valence-corrected chi connectivity index (χ0v) is 10.2. The van der Waals surface area contributed by atoms with E-state index in [0.29, 0.717) is 17.3 Å². The van der Waals surface area contributed by atoms with Gasteiger partial charge in [0, 0.05) is 0 Å². The predicted octanol–water partition coefficient (Wildman–Crippen LogP) is 3.08. The molecule has 0 aromatic carbocycles.